The summed E-state index contributed by atoms with van der Waals surface area (Å²) in [5.74, 6) is -0.890. The zero-order valence-corrected chi connectivity index (χ0v) is 22.0. The molecule has 202 valence electrons. The van der Waals surface area contributed by atoms with Gasteiger partial charge in [0.2, 0.25) is 0 Å². The van der Waals surface area contributed by atoms with Crippen LogP contribution in [0, 0.1) is 11.3 Å². The number of hydrogen-bond acceptors (Lipinski definition) is 7. The fourth-order valence-corrected chi connectivity index (χ4v) is 4.94. The lowest BCUT2D eigenvalue weighted by Crippen LogP contribution is -2.50. The lowest BCUT2D eigenvalue weighted by molar-refractivity contribution is 0.0331. The molecule has 8 heteroatoms. The van der Waals surface area contributed by atoms with Gasteiger partial charge < -0.3 is 25.2 Å². The van der Waals surface area contributed by atoms with E-state index < -0.39 is 11.5 Å². The average Bonchev–Trinajstić information content (AvgIpc) is 3.44. The maximum Gasteiger partial charge on any atom is 0.338 e. The highest BCUT2D eigenvalue weighted by Gasteiger charge is 2.31. The Morgan fingerprint density at radius 1 is 1.10 bits per heavy atom. The fraction of sp³-hybridized carbons (Fsp3) is 0.323. The highest BCUT2D eigenvalue weighted by atomic mass is 16.5. The Kier molecular flexibility index (Phi) is 9.10. The van der Waals surface area contributed by atoms with Crippen molar-refractivity contribution in [3.05, 3.63) is 95.1 Å². The van der Waals surface area contributed by atoms with E-state index in [2.05, 4.69) is 6.07 Å². The van der Waals surface area contributed by atoms with Crippen molar-refractivity contribution in [2.24, 2.45) is 5.73 Å². The first-order valence-electron chi connectivity index (χ1n) is 12.9. The monoisotopic (exact) mass is 527 g/mol. The van der Waals surface area contributed by atoms with Crippen molar-refractivity contribution in [2.75, 3.05) is 33.5 Å². The van der Waals surface area contributed by atoms with Crippen LogP contribution in [0.25, 0.3) is 11.1 Å². The minimum absolute atomic E-state index is 0.0478. The van der Waals surface area contributed by atoms with Crippen molar-refractivity contribution in [2.45, 2.75) is 30.8 Å². The molecule has 0 aromatic heterocycles. The van der Waals surface area contributed by atoms with Crippen LogP contribution < -0.4 is 5.73 Å². The number of rotatable bonds is 10. The number of carbonyl (C=O) groups excluding carboxylic acids is 2. The molecule has 1 heterocycles. The topological polar surface area (TPSA) is 126 Å². The number of aliphatic hydroxyl groups excluding tert-OH is 1. The third-order valence-corrected chi connectivity index (χ3v) is 6.98. The van der Waals surface area contributed by atoms with Gasteiger partial charge in [0.05, 0.1) is 42.0 Å². The molecule has 8 nitrogen and oxygen atoms in total. The summed E-state index contributed by atoms with van der Waals surface area (Å²) >= 11 is 0. The molecule has 3 N–H and O–H groups in total. The standard InChI is InChI=1S/C31H33N3O5/c1-38-19-27-11-7-13-34(27)29(36)25-14-24(28-12-6-5-10-23(28)18-32)15-26(16-25)30(37)39-21-31(33,20-35)17-22-8-3-2-4-9-22/h2-6,8-10,12,14-16,27,35H,7,11,13,17,19-21,33H2,1H3. The second-order valence-corrected chi connectivity index (χ2v) is 9.97. The number of aliphatic hydroxyl groups is 1. The van der Waals surface area contributed by atoms with Crippen LogP contribution in [0.2, 0.25) is 0 Å². The summed E-state index contributed by atoms with van der Waals surface area (Å²) < 4.78 is 10.9. The van der Waals surface area contributed by atoms with Crippen molar-refractivity contribution >= 4 is 11.9 Å². The van der Waals surface area contributed by atoms with E-state index >= 15 is 0 Å². The highest BCUT2D eigenvalue weighted by molar-refractivity contribution is 6.00. The molecule has 1 aliphatic rings. The zero-order chi connectivity index (χ0) is 27.8. The molecule has 1 amide bonds. The van der Waals surface area contributed by atoms with Gasteiger partial charge in [-0.2, -0.15) is 5.26 Å². The van der Waals surface area contributed by atoms with E-state index in [1.807, 2.05) is 30.3 Å². The first-order chi connectivity index (χ1) is 18.9. The van der Waals surface area contributed by atoms with Gasteiger partial charge in [0, 0.05) is 19.2 Å². The number of methoxy groups -OCH3 is 1. The molecule has 2 atom stereocenters. The van der Waals surface area contributed by atoms with Gasteiger partial charge in [-0.1, -0.05) is 48.5 Å². The number of carbonyl (C=O) groups is 2. The molecule has 0 bridgehead atoms. The molecule has 0 spiro atoms. The van der Waals surface area contributed by atoms with Crippen molar-refractivity contribution in [1.82, 2.24) is 4.90 Å². The van der Waals surface area contributed by atoms with Crippen LogP contribution >= 0.6 is 0 Å². The van der Waals surface area contributed by atoms with Gasteiger partial charge in [-0.15, -0.1) is 0 Å². The van der Waals surface area contributed by atoms with Crippen LogP contribution in [0.1, 0.15) is 44.7 Å². The van der Waals surface area contributed by atoms with Crippen LogP contribution in [0.4, 0.5) is 0 Å². The van der Waals surface area contributed by atoms with Crippen molar-refractivity contribution in [3.8, 4) is 17.2 Å². The predicted octanol–water partition coefficient (Wildman–Crippen LogP) is 3.57. The summed E-state index contributed by atoms with van der Waals surface area (Å²) in [6.45, 7) is 0.419. The molecule has 1 fully saturated rings. The Hall–Kier alpha value is -4.03. The number of hydrogen-bond donors (Lipinski definition) is 2. The quantitative estimate of drug-likeness (QED) is 0.386. The number of likely N-dealkylation sites (tertiary alicyclic amines) is 1. The van der Waals surface area contributed by atoms with Gasteiger partial charge in [0.15, 0.2) is 0 Å². The van der Waals surface area contributed by atoms with Crippen molar-refractivity contribution in [3.63, 3.8) is 0 Å². The van der Waals surface area contributed by atoms with Crippen molar-refractivity contribution < 1.29 is 24.2 Å². The summed E-state index contributed by atoms with van der Waals surface area (Å²) in [4.78, 5) is 28.7. The maximum absolute atomic E-state index is 13.6. The van der Waals surface area contributed by atoms with Crippen LogP contribution in [0.3, 0.4) is 0 Å². The van der Waals surface area contributed by atoms with E-state index in [4.69, 9.17) is 15.2 Å². The molecule has 0 aliphatic carbocycles. The van der Waals surface area contributed by atoms with Gasteiger partial charge in [-0.05, 0) is 60.2 Å². The predicted molar refractivity (Wildman–Crippen MR) is 147 cm³/mol. The summed E-state index contributed by atoms with van der Waals surface area (Å²) in [6, 6.07) is 23.4. The Morgan fingerprint density at radius 3 is 2.54 bits per heavy atom. The van der Waals surface area contributed by atoms with Crippen LogP contribution in [0.15, 0.2) is 72.8 Å². The number of nitriles is 1. The molecule has 39 heavy (non-hydrogen) atoms. The molecule has 1 saturated heterocycles. The molecular weight excluding hydrogens is 494 g/mol. The second-order valence-electron chi connectivity index (χ2n) is 9.97. The third-order valence-electron chi connectivity index (χ3n) is 6.98. The third kappa shape index (κ3) is 6.70. The lowest BCUT2D eigenvalue weighted by Gasteiger charge is -2.27. The first-order valence-corrected chi connectivity index (χ1v) is 12.9. The summed E-state index contributed by atoms with van der Waals surface area (Å²) in [5.41, 5.74) is 8.17. The van der Waals surface area contributed by atoms with Gasteiger partial charge in [-0.25, -0.2) is 4.79 Å². The number of nitrogens with zero attached hydrogens (tertiary/aromatic N) is 2. The van der Waals surface area contributed by atoms with Gasteiger partial charge in [0.1, 0.15) is 6.61 Å². The van der Waals surface area contributed by atoms with E-state index in [9.17, 15) is 20.0 Å². The Morgan fingerprint density at radius 2 is 1.82 bits per heavy atom. The van der Waals surface area contributed by atoms with Crippen LogP contribution in [-0.4, -0.2) is 66.9 Å². The number of amides is 1. The first kappa shape index (κ1) is 28.0. The Labute approximate surface area is 228 Å². The fourth-order valence-electron chi connectivity index (χ4n) is 4.94. The van der Waals surface area contributed by atoms with Crippen LogP contribution in [-0.2, 0) is 15.9 Å². The van der Waals surface area contributed by atoms with E-state index in [-0.39, 0.29) is 30.7 Å². The SMILES string of the molecule is COCC1CCCN1C(=O)c1cc(C(=O)OCC(N)(CO)Cc2ccccc2)cc(-c2ccccc2C#N)c1. The molecule has 0 radical (unpaired) electrons. The number of nitrogens with two attached hydrogens (primary N) is 1. The minimum Gasteiger partial charge on any atom is -0.460 e. The summed E-state index contributed by atoms with van der Waals surface area (Å²) in [7, 11) is 1.61. The molecule has 0 saturated carbocycles. The molecule has 3 aromatic rings. The second kappa shape index (κ2) is 12.7. The number of esters is 1. The largest absolute Gasteiger partial charge is 0.460 e. The van der Waals surface area contributed by atoms with Crippen molar-refractivity contribution in [1.29, 1.82) is 5.26 Å². The highest BCUT2D eigenvalue weighted by Crippen LogP contribution is 2.28. The summed E-state index contributed by atoms with van der Waals surface area (Å²) in [6.07, 6.45) is 2.02. The number of benzene rings is 3. The van der Waals surface area contributed by atoms with E-state index in [0.29, 0.717) is 41.8 Å². The molecule has 2 unspecified atom stereocenters. The lowest BCUT2D eigenvalue weighted by atomic mass is 9.93. The molecule has 3 aromatic carbocycles. The van der Waals surface area contributed by atoms with E-state index in [1.165, 1.54) is 6.07 Å². The molecule has 1 aliphatic heterocycles. The van der Waals surface area contributed by atoms with Gasteiger partial charge in [0.25, 0.3) is 5.91 Å². The van der Waals surface area contributed by atoms with Gasteiger partial charge >= 0.3 is 5.97 Å². The Balaban J connectivity index is 1.64. The summed E-state index contributed by atoms with van der Waals surface area (Å²) in [5, 5.41) is 19.6. The van der Waals surface area contributed by atoms with Crippen LogP contribution in [0.5, 0.6) is 0 Å². The molecule has 4 rings (SSSR count). The molecular formula is C31H33N3O5. The van der Waals surface area contributed by atoms with E-state index in [1.54, 1.807) is 48.4 Å². The minimum atomic E-state index is -1.18. The zero-order valence-electron chi connectivity index (χ0n) is 22.0. The van der Waals surface area contributed by atoms with Gasteiger partial charge in [-0.3, -0.25) is 4.79 Å². The van der Waals surface area contributed by atoms with E-state index in [0.717, 1.165) is 18.4 Å². The Bertz CT molecular complexity index is 1350. The number of ether oxygens (including phenoxy) is 2. The maximum atomic E-state index is 13.6. The average molecular weight is 528 g/mol. The normalized spacial score (nSPS) is 16.4. The smallest absolute Gasteiger partial charge is 0.338 e.